The molecule has 0 atom stereocenters. The van der Waals surface area contributed by atoms with Crippen LogP contribution in [0.5, 0.6) is 0 Å². The second kappa shape index (κ2) is 6.36. The molecule has 0 aromatic heterocycles. The molecule has 0 saturated carbocycles. The van der Waals surface area contributed by atoms with Crippen LogP contribution in [0.25, 0.3) is 0 Å². The van der Waals surface area contributed by atoms with Crippen LogP contribution in [-0.2, 0) is 4.79 Å². The molecule has 1 fully saturated rings. The van der Waals surface area contributed by atoms with E-state index in [-0.39, 0.29) is 5.54 Å². The predicted octanol–water partition coefficient (Wildman–Crippen LogP) is 0.929. The molecule has 0 radical (unpaired) electrons. The number of nitrogens with zero attached hydrogens (tertiary/aromatic N) is 2. The number of carbonyl (C=O) groups excluding carboxylic acids is 1. The van der Waals surface area contributed by atoms with E-state index < -0.39 is 0 Å². The number of nitrogens with one attached hydrogen (secondary N) is 1. The van der Waals surface area contributed by atoms with Gasteiger partial charge in [0.15, 0.2) is 0 Å². The second-order valence-electron chi connectivity index (χ2n) is 5.64. The van der Waals surface area contributed by atoms with Crippen molar-refractivity contribution in [1.82, 2.24) is 15.1 Å². The van der Waals surface area contributed by atoms with Gasteiger partial charge >= 0.3 is 0 Å². The van der Waals surface area contributed by atoms with Gasteiger partial charge in [-0.05, 0) is 27.3 Å². The van der Waals surface area contributed by atoms with Crippen molar-refractivity contribution in [2.75, 3.05) is 39.3 Å². The van der Waals surface area contributed by atoms with Gasteiger partial charge in [0, 0.05) is 44.7 Å². The summed E-state index contributed by atoms with van der Waals surface area (Å²) in [4.78, 5) is 16.3. The van der Waals surface area contributed by atoms with Crippen molar-refractivity contribution in [3.63, 3.8) is 0 Å². The molecule has 4 nitrogen and oxygen atoms in total. The van der Waals surface area contributed by atoms with E-state index in [9.17, 15) is 4.79 Å². The van der Waals surface area contributed by atoms with E-state index in [4.69, 9.17) is 0 Å². The van der Waals surface area contributed by atoms with E-state index in [2.05, 4.69) is 37.9 Å². The van der Waals surface area contributed by atoms with Gasteiger partial charge in [0.25, 0.3) is 0 Å². The summed E-state index contributed by atoms with van der Waals surface area (Å²) in [7, 11) is 0. The van der Waals surface area contributed by atoms with E-state index >= 15 is 0 Å². The molecular formula is C13H27N3O. The molecular weight excluding hydrogens is 214 g/mol. The van der Waals surface area contributed by atoms with E-state index in [1.807, 2.05) is 4.90 Å². The Labute approximate surface area is 105 Å². The Morgan fingerprint density at radius 1 is 1.18 bits per heavy atom. The molecule has 1 rings (SSSR count). The predicted molar refractivity (Wildman–Crippen MR) is 71.1 cm³/mol. The Balaban J connectivity index is 2.29. The molecule has 1 N–H and O–H groups in total. The first-order chi connectivity index (χ1) is 7.95. The van der Waals surface area contributed by atoms with Crippen molar-refractivity contribution in [2.24, 2.45) is 0 Å². The SMILES string of the molecule is CCNCCC(=O)N1CCN(C(C)(C)C)CC1. The van der Waals surface area contributed by atoms with Gasteiger partial charge in [0.1, 0.15) is 0 Å². The number of hydrogen-bond acceptors (Lipinski definition) is 3. The topological polar surface area (TPSA) is 35.6 Å². The first-order valence-electron chi connectivity index (χ1n) is 6.68. The van der Waals surface area contributed by atoms with E-state index in [0.717, 1.165) is 39.3 Å². The summed E-state index contributed by atoms with van der Waals surface area (Å²) in [6.07, 6.45) is 0.628. The molecule has 0 aromatic carbocycles. The summed E-state index contributed by atoms with van der Waals surface area (Å²) in [6.45, 7) is 14.2. The minimum absolute atomic E-state index is 0.221. The van der Waals surface area contributed by atoms with Crippen LogP contribution in [0, 0.1) is 0 Å². The van der Waals surface area contributed by atoms with Gasteiger partial charge in [-0.3, -0.25) is 9.69 Å². The van der Waals surface area contributed by atoms with Crippen LogP contribution >= 0.6 is 0 Å². The minimum Gasteiger partial charge on any atom is -0.340 e. The van der Waals surface area contributed by atoms with Crippen molar-refractivity contribution in [3.05, 3.63) is 0 Å². The average Bonchev–Trinajstić information content (AvgIpc) is 2.28. The van der Waals surface area contributed by atoms with Crippen LogP contribution in [0.2, 0.25) is 0 Å². The maximum Gasteiger partial charge on any atom is 0.223 e. The average molecular weight is 241 g/mol. The highest BCUT2D eigenvalue weighted by Crippen LogP contribution is 2.15. The Hall–Kier alpha value is -0.610. The third kappa shape index (κ3) is 4.64. The van der Waals surface area contributed by atoms with E-state index in [0.29, 0.717) is 12.3 Å². The van der Waals surface area contributed by atoms with Crippen LogP contribution in [0.15, 0.2) is 0 Å². The zero-order chi connectivity index (χ0) is 12.9. The molecule has 0 unspecified atom stereocenters. The van der Waals surface area contributed by atoms with E-state index in [1.54, 1.807) is 0 Å². The molecule has 0 bridgehead atoms. The summed E-state index contributed by atoms with van der Waals surface area (Å²) in [5.74, 6) is 0.291. The Bertz CT molecular complexity index is 240. The molecule has 0 spiro atoms. The molecule has 17 heavy (non-hydrogen) atoms. The molecule has 0 aromatic rings. The largest absolute Gasteiger partial charge is 0.340 e. The van der Waals surface area contributed by atoms with Gasteiger partial charge in [-0.1, -0.05) is 6.92 Å². The highest BCUT2D eigenvalue weighted by Gasteiger charge is 2.27. The van der Waals surface area contributed by atoms with Gasteiger partial charge in [-0.25, -0.2) is 0 Å². The summed E-state index contributed by atoms with van der Waals surface area (Å²) < 4.78 is 0. The van der Waals surface area contributed by atoms with Crippen LogP contribution in [0.1, 0.15) is 34.1 Å². The zero-order valence-electron chi connectivity index (χ0n) is 11.8. The third-order valence-corrected chi connectivity index (χ3v) is 3.35. The Kier molecular flexibility index (Phi) is 5.40. The minimum atomic E-state index is 0.221. The quantitative estimate of drug-likeness (QED) is 0.744. The maximum absolute atomic E-state index is 11.9. The highest BCUT2D eigenvalue weighted by atomic mass is 16.2. The maximum atomic E-state index is 11.9. The fraction of sp³-hybridized carbons (Fsp3) is 0.923. The number of amides is 1. The second-order valence-corrected chi connectivity index (χ2v) is 5.64. The molecule has 0 aliphatic carbocycles. The summed E-state index contributed by atoms with van der Waals surface area (Å²) in [5, 5.41) is 3.19. The lowest BCUT2D eigenvalue weighted by Gasteiger charge is -2.42. The standard InChI is InChI=1S/C13H27N3O/c1-5-14-7-6-12(17)15-8-10-16(11-9-15)13(2,3)4/h14H,5-11H2,1-4H3. The van der Waals surface area contributed by atoms with Gasteiger partial charge in [0.05, 0.1) is 0 Å². The van der Waals surface area contributed by atoms with Crippen LogP contribution in [-0.4, -0.2) is 60.5 Å². The first-order valence-corrected chi connectivity index (χ1v) is 6.68. The van der Waals surface area contributed by atoms with E-state index in [1.165, 1.54) is 0 Å². The van der Waals surface area contributed by atoms with Gasteiger partial charge in [-0.2, -0.15) is 0 Å². The van der Waals surface area contributed by atoms with Crippen molar-refractivity contribution in [1.29, 1.82) is 0 Å². The highest BCUT2D eigenvalue weighted by molar-refractivity contribution is 5.76. The number of rotatable bonds is 4. The Morgan fingerprint density at radius 3 is 2.24 bits per heavy atom. The summed E-state index contributed by atoms with van der Waals surface area (Å²) in [6, 6.07) is 0. The van der Waals surface area contributed by atoms with Gasteiger partial charge < -0.3 is 10.2 Å². The van der Waals surface area contributed by atoms with Crippen LogP contribution in [0.3, 0.4) is 0 Å². The fourth-order valence-corrected chi connectivity index (χ4v) is 2.16. The van der Waals surface area contributed by atoms with Crippen molar-refractivity contribution < 1.29 is 4.79 Å². The molecule has 1 amide bonds. The van der Waals surface area contributed by atoms with Gasteiger partial charge in [0.2, 0.25) is 5.91 Å². The molecule has 1 aliphatic rings. The lowest BCUT2D eigenvalue weighted by atomic mass is 10.0. The zero-order valence-corrected chi connectivity index (χ0v) is 11.8. The number of hydrogen-bond donors (Lipinski definition) is 1. The third-order valence-electron chi connectivity index (χ3n) is 3.35. The smallest absolute Gasteiger partial charge is 0.223 e. The van der Waals surface area contributed by atoms with Crippen molar-refractivity contribution >= 4 is 5.91 Å². The monoisotopic (exact) mass is 241 g/mol. The first kappa shape index (κ1) is 14.5. The molecule has 1 saturated heterocycles. The molecule has 4 heteroatoms. The van der Waals surface area contributed by atoms with Gasteiger partial charge in [-0.15, -0.1) is 0 Å². The lowest BCUT2D eigenvalue weighted by molar-refractivity contribution is -0.133. The van der Waals surface area contributed by atoms with Crippen molar-refractivity contribution in [2.45, 2.75) is 39.7 Å². The van der Waals surface area contributed by atoms with Crippen LogP contribution in [0.4, 0.5) is 0 Å². The van der Waals surface area contributed by atoms with Crippen LogP contribution < -0.4 is 5.32 Å². The Morgan fingerprint density at radius 2 is 1.76 bits per heavy atom. The number of piperazine rings is 1. The van der Waals surface area contributed by atoms with Crippen molar-refractivity contribution in [3.8, 4) is 0 Å². The summed E-state index contributed by atoms with van der Waals surface area (Å²) in [5.41, 5.74) is 0.221. The molecule has 1 heterocycles. The summed E-state index contributed by atoms with van der Waals surface area (Å²) >= 11 is 0. The fourth-order valence-electron chi connectivity index (χ4n) is 2.16. The lowest BCUT2D eigenvalue weighted by Crippen LogP contribution is -2.54. The number of carbonyl (C=O) groups is 1. The molecule has 100 valence electrons. The normalized spacial score (nSPS) is 18.5. The molecule has 1 aliphatic heterocycles.